The van der Waals surface area contributed by atoms with Gasteiger partial charge in [0.1, 0.15) is 22.2 Å². The fourth-order valence-electron chi connectivity index (χ4n) is 3.37. The van der Waals surface area contributed by atoms with E-state index in [0.717, 1.165) is 20.8 Å². The first-order chi connectivity index (χ1) is 15.9. The van der Waals surface area contributed by atoms with Crippen molar-refractivity contribution in [2.45, 2.75) is 33.7 Å². The van der Waals surface area contributed by atoms with Crippen molar-refractivity contribution in [3.05, 3.63) is 74.8 Å². The molecule has 3 aromatic heterocycles. The second-order valence-corrected chi connectivity index (χ2v) is 8.75. The van der Waals surface area contributed by atoms with E-state index in [4.69, 9.17) is 10.00 Å². The number of aryl methyl sites for hydroxylation is 4. The normalized spacial score (nSPS) is 10.7. The van der Waals surface area contributed by atoms with Crippen molar-refractivity contribution >= 4 is 33.1 Å². The highest BCUT2D eigenvalue weighted by Crippen LogP contribution is 2.27. The number of carbonyl (C=O) groups is 1. The number of carbonyl (C=O) groups excluding carboxylic acids is 1. The SMILES string of the molecule is Cc1cc(Oc2ncccc2C#N)ccc1NC(=O)CCn1cnc2sc(C)c(C)c2c1=O. The number of hydrogen-bond acceptors (Lipinski definition) is 7. The van der Waals surface area contributed by atoms with Gasteiger partial charge in [0, 0.05) is 29.7 Å². The number of ether oxygens (including phenoxy) is 1. The summed E-state index contributed by atoms with van der Waals surface area (Å²) in [6.45, 7) is 5.96. The predicted octanol–water partition coefficient (Wildman–Crippen LogP) is 4.47. The topological polar surface area (TPSA) is 110 Å². The summed E-state index contributed by atoms with van der Waals surface area (Å²) in [5.74, 6) is 0.518. The van der Waals surface area contributed by atoms with Crippen LogP contribution < -0.4 is 15.6 Å². The van der Waals surface area contributed by atoms with E-state index in [1.165, 1.54) is 22.2 Å². The molecule has 1 aromatic carbocycles. The van der Waals surface area contributed by atoms with E-state index in [-0.39, 0.29) is 30.3 Å². The summed E-state index contributed by atoms with van der Waals surface area (Å²) in [7, 11) is 0. The lowest BCUT2D eigenvalue weighted by Gasteiger charge is -2.12. The molecule has 33 heavy (non-hydrogen) atoms. The van der Waals surface area contributed by atoms with Crippen molar-refractivity contribution < 1.29 is 9.53 Å². The Hall–Kier alpha value is -4.03. The summed E-state index contributed by atoms with van der Waals surface area (Å²) in [5, 5.41) is 12.7. The van der Waals surface area contributed by atoms with Crippen LogP contribution in [0, 0.1) is 32.1 Å². The maximum Gasteiger partial charge on any atom is 0.262 e. The van der Waals surface area contributed by atoms with E-state index < -0.39 is 0 Å². The Kier molecular flexibility index (Phi) is 6.20. The number of nitrogens with zero attached hydrogens (tertiary/aromatic N) is 4. The lowest BCUT2D eigenvalue weighted by atomic mass is 10.2. The van der Waals surface area contributed by atoms with Crippen LogP contribution in [0.1, 0.15) is 28.0 Å². The van der Waals surface area contributed by atoms with Crippen LogP contribution in [0.25, 0.3) is 10.2 Å². The predicted molar refractivity (Wildman–Crippen MR) is 127 cm³/mol. The van der Waals surface area contributed by atoms with Crippen molar-refractivity contribution in [1.29, 1.82) is 5.26 Å². The summed E-state index contributed by atoms with van der Waals surface area (Å²) in [6, 6.07) is 10.5. The molecule has 166 valence electrons. The summed E-state index contributed by atoms with van der Waals surface area (Å²) in [4.78, 5) is 35.5. The largest absolute Gasteiger partial charge is 0.438 e. The Balaban J connectivity index is 1.42. The zero-order valence-electron chi connectivity index (χ0n) is 18.4. The minimum atomic E-state index is -0.214. The number of benzene rings is 1. The van der Waals surface area contributed by atoms with Crippen LogP contribution in [0.3, 0.4) is 0 Å². The lowest BCUT2D eigenvalue weighted by molar-refractivity contribution is -0.116. The van der Waals surface area contributed by atoms with Crippen LogP contribution in [0.2, 0.25) is 0 Å². The summed E-state index contributed by atoms with van der Waals surface area (Å²) < 4.78 is 7.19. The van der Waals surface area contributed by atoms with E-state index in [0.29, 0.717) is 22.4 Å². The molecule has 0 radical (unpaired) electrons. The van der Waals surface area contributed by atoms with E-state index in [2.05, 4.69) is 15.3 Å². The first-order valence-corrected chi connectivity index (χ1v) is 11.1. The average molecular weight is 460 g/mol. The van der Waals surface area contributed by atoms with Gasteiger partial charge in [0.05, 0.1) is 11.7 Å². The standard InChI is InChI=1S/C24H21N5O3S/c1-14-11-18(32-22-17(12-25)5-4-9-26-22)6-7-19(14)28-20(30)8-10-29-13-27-23-21(24(29)31)15(2)16(3)33-23/h4-7,9,11,13H,8,10H2,1-3H3,(H,28,30). The number of pyridine rings is 1. The summed E-state index contributed by atoms with van der Waals surface area (Å²) in [5.41, 5.74) is 2.58. The maximum atomic E-state index is 12.8. The van der Waals surface area contributed by atoms with E-state index in [1.54, 1.807) is 36.5 Å². The van der Waals surface area contributed by atoms with Gasteiger partial charge >= 0.3 is 0 Å². The van der Waals surface area contributed by atoms with Crippen molar-refractivity contribution in [3.63, 3.8) is 0 Å². The number of thiophene rings is 1. The molecule has 0 saturated carbocycles. The third-order valence-electron chi connectivity index (χ3n) is 5.31. The van der Waals surface area contributed by atoms with Crippen LogP contribution >= 0.6 is 11.3 Å². The zero-order valence-corrected chi connectivity index (χ0v) is 19.2. The number of hydrogen-bond donors (Lipinski definition) is 1. The number of nitriles is 1. The first kappa shape index (κ1) is 22.2. The molecule has 0 fully saturated rings. The van der Waals surface area contributed by atoms with Gasteiger partial charge < -0.3 is 10.1 Å². The highest BCUT2D eigenvalue weighted by molar-refractivity contribution is 7.18. The number of amides is 1. The first-order valence-electron chi connectivity index (χ1n) is 10.3. The van der Waals surface area contributed by atoms with Gasteiger partial charge in [0.2, 0.25) is 11.8 Å². The molecule has 0 aliphatic rings. The molecule has 0 atom stereocenters. The third kappa shape index (κ3) is 4.61. The second kappa shape index (κ2) is 9.22. The van der Waals surface area contributed by atoms with Crippen molar-refractivity contribution in [3.8, 4) is 17.7 Å². The van der Waals surface area contributed by atoms with Crippen LogP contribution in [0.5, 0.6) is 11.6 Å². The highest BCUT2D eigenvalue weighted by atomic mass is 32.1. The van der Waals surface area contributed by atoms with Crippen molar-refractivity contribution in [1.82, 2.24) is 14.5 Å². The van der Waals surface area contributed by atoms with Crippen LogP contribution in [0.4, 0.5) is 5.69 Å². The molecule has 1 N–H and O–H groups in total. The summed E-state index contributed by atoms with van der Waals surface area (Å²) >= 11 is 1.50. The maximum absolute atomic E-state index is 12.8. The smallest absolute Gasteiger partial charge is 0.262 e. The molecule has 0 saturated heterocycles. The van der Waals surface area contributed by atoms with Crippen LogP contribution in [-0.4, -0.2) is 20.4 Å². The van der Waals surface area contributed by atoms with Crippen LogP contribution in [-0.2, 0) is 11.3 Å². The minimum absolute atomic E-state index is 0.126. The number of fused-ring (bicyclic) bond motifs is 1. The van der Waals surface area contributed by atoms with E-state index in [1.807, 2.05) is 26.8 Å². The molecule has 1 amide bonds. The molecule has 0 aliphatic heterocycles. The fourth-order valence-corrected chi connectivity index (χ4v) is 4.36. The summed E-state index contributed by atoms with van der Waals surface area (Å²) in [6.07, 6.45) is 3.18. The highest BCUT2D eigenvalue weighted by Gasteiger charge is 2.13. The second-order valence-electron chi connectivity index (χ2n) is 7.55. The molecule has 0 bridgehead atoms. The van der Waals surface area contributed by atoms with Crippen LogP contribution in [0.15, 0.2) is 47.7 Å². The Bertz CT molecular complexity index is 1470. The zero-order chi connectivity index (χ0) is 23.5. The van der Waals surface area contributed by atoms with E-state index in [9.17, 15) is 9.59 Å². The number of nitrogens with one attached hydrogen (secondary N) is 1. The molecular formula is C24H21N5O3S. The number of rotatable bonds is 6. The number of aromatic nitrogens is 3. The molecule has 8 nitrogen and oxygen atoms in total. The Morgan fingerprint density at radius 1 is 1.24 bits per heavy atom. The molecule has 3 heterocycles. The van der Waals surface area contributed by atoms with Gasteiger partial charge in [-0.3, -0.25) is 14.2 Å². The molecular weight excluding hydrogens is 438 g/mol. The molecule has 4 aromatic rings. The lowest BCUT2D eigenvalue weighted by Crippen LogP contribution is -2.23. The van der Waals surface area contributed by atoms with Gasteiger partial charge in [0.15, 0.2) is 0 Å². The molecule has 4 rings (SSSR count). The molecule has 9 heteroatoms. The van der Waals surface area contributed by atoms with Gasteiger partial charge in [-0.2, -0.15) is 5.26 Å². The Labute approximate surface area is 194 Å². The quantitative estimate of drug-likeness (QED) is 0.455. The van der Waals surface area contributed by atoms with Gasteiger partial charge in [-0.05, 0) is 62.2 Å². The molecule has 0 aliphatic carbocycles. The average Bonchev–Trinajstić information content (AvgIpc) is 3.09. The van der Waals surface area contributed by atoms with Gasteiger partial charge in [0.25, 0.3) is 5.56 Å². The van der Waals surface area contributed by atoms with Gasteiger partial charge in [-0.25, -0.2) is 9.97 Å². The Morgan fingerprint density at radius 2 is 2.06 bits per heavy atom. The minimum Gasteiger partial charge on any atom is -0.438 e. The number of anilines is 1. The third-order valence-corrected chi connectivity index (χ3v) is 6.43. The van der Waals surface area contributed by atoms with Crippen molar-refractivity contribution in [2.75, 3.05) is 5.32 Å². The monoisotopic (exact) mass is 459 g/mol. The molecule has 0 unspecified atom stereocenters. The molecule has 0 spiro atoms. The Morgan fingerprint density at radius 3 is 2.82 bits per heavy atom. The van der Waals surface area contributed by atoms with E-state index >= 15 is 0 Å². The van der Waals surface area contributed by atoms with Crippen molar-refractivity contribution in [2.24, 2.45) is 0 Å². The van der Waals surface area contributed by atoms with Gasteiger partial charge in [-0.15, -0.1) is 11.3 Å². The fraction of sp³-hybridized carbons (Fsp3) is 0.208. The van der Waals surface area contributed by atoms with Gasteiger partial charge in [-0.1, -0.05) is 0 Å².